The molecule has 1 aliphatic heterocycles. The molecule has 0 bridgehead atoms. The van der Waals surface area contributed by atoms with Crippen LogP contribution in [0.15, 0.2) is 54.6 Å². The van der Waals surface area contributed by atoms with Crippen molar-refractivity contribution in [3.63, 3.8) is 0 Å². The van der Waals surface area contributed by atoms with Gasteiger partial charge in [-0.1, -0.05) is 41.7 Å². The van der Waals surface area contributed by atoms with Gasteiger partial charge in [0.2, 0.25) is 5.91 Å². The Balaban J connectivity index is 1.81. The van der Waals surface area contributed by atoms with E-state index < -0.39 is 22.4 Å². The van der Waals surface area contributed by atoms with Crippen molar-refractivity contribution in [2.45, 2.75) is 52.7 Å². The highest BCUT2D eigenvalue weighted by atomic mass is 32.1. The number of pyridine rings is 1. The molecule has 2 N–H and O–H groups in total. The summed E-state index contributed by atoms with van der Waals surface area (Å²) in [5.41, 5.74) is 3.10. The van der Waals surface area contributed by atoms with Crippen molar-refractivity contribution in [2.24, 2.45) is 0 Å². The summed E-state index contributed by atoms with van der Waals surface area (Å²) in [6.45, 7) is 9.53. The van der Waals surface area contributed by atoms with Gasteiger partial charge in [0.05, 0.1) is 10.5 Å². The highest BCUT2D eigenvalue weighted by molar-refractivity contribution is 7.23. The van der Waals surface area contributed by atoms with E-state index in [9.17, 15) is 19.7 Å². The van der Waals surface area contributed by atoms with Gasteiger partial charge in [0.1, 0.15) is 15.9 Å². The number of hydrogen-bond acceptors (Lipinski definition) is 7. The van der Waals surface area contributed by atoms with E-state index in [2.05, 4.69) is 15.6 Å². The van der Waals surface area contributed by atoms with E-state index in [1.165, 1.54) is 28.4 Å². The fourth-order valence-corrected chi connectivity index (χ4v) is 6.15. The van der Waals surface area contributed by atoms with Crippen molar-refractivity contribution in [3.05, 3.63) is 92.7 Å². The summed E-state index contributed by atoms with van der Waals surface area (Å²) in [6.07, 6.45) is 0. The van der Waals surface area contributed by atoms with Gasteiger partial charge < -0.3 is 15.5 Å². The lowest BCUT2D eigenvalue weighted by molar-refractivity contribution is -0.384. The fraction of sp³-hybridized carbons (Fsp3) is 0.276. The van der Waals surface area contributed by atoms with E-state index >= 15 is 0 Å². The van der Waals surface area contributed by atoms with Gasteiger partial charge >= 0.3 is 0 Å². The number of nitro groups is 1. The predicted octanol–water partition coefficient (Wildman–Crippen LogP) is 6.18. The number of nitrogens with one attached hydrogen (secondary N) is 2. The smallest absolute Gasteiger partial charge is 0.269 e. The minimum absolute atomic E-state index is 0.124. The largest absolute Gasteiger partial charge is 0.349 e. The van der Waals surface area contributed by atoms with E-state index in [0.29, 0.717) is 26.6 Å². The molecule has 4 aromatic rings. The zero-order valence-corrected chi connectivity index (χ0v) is 23.2. The number of carbonyl (C=O) groups is 2. The Bertz CT molecular complexity index is 1620. The fourth-order valence-electron chi connectivity index (χ4n) is 4.95. The van der Waals surface area contributed by atoms with Gasteiger partial charge in [-0.05, 0) is 57.9 Å². The zero-order chi connectivity index (χ0) is 28.1. The Morgan fingerprint density at radius 2 is 1.87 bits per heavy atom. The molecule has 39 heavy (non-hydrogen) atoms. The standard InChI is InChI=1S/C29H29N5O4S/c1-16-13-17(2)30-26-22(16)23-27(39-26)31-21-12-11-19(34(37)38)14-20(21)24(25(35)32-29(3,4)5)33(28(23)36)15-18-9-7-6-8-10-18/h6-14,24,31H,15H2,1-5H3,(H,32,35). The van der Waals surface area contributed by atoms with Crippen LogP contribution in [-0.4, -0.2) is 32.2 Å². The van der Waals surface area contributed by atoms with Gasteiger partial charge in [0.15, 0.2) is 0 Å². The molecule has 0 spiro atoms. The van der Waals surface area contributed by atoms with Gasteiger partial charge in [-0.15, -0.1) is 0 Å². The number of carbonyl (C=O) groups excluding carboxylic acids is 2. The molecule has 3 heterocycles. The molecule has 0 aliphatic carbocycles. The van der Waals surface area contributed by atoms with Crippen LogP contribution in [0.2, 0.25) is 0 Å². The number of benzene rings is 2. The second-order valence-corrected chi connectivity index (χ2v) is 11.8. The van der Waals surface area contributed by atoms with Crippen molar-refractivity contribution in [1.29, 1.82) is 0 Å². The summed E-state index contributed by atoms with van der Waals surface area (Å²) in [4.78, 5) is 46.7. The minimum atomic E-state index is -1.14. The van der Waals surface area contributed by atoms with Crippen LogP contribution < -0.4 is 10.6 Å². The molecule has 0 radical (unpaired) electrons. The lowest BCUT2D eigenvalue weighted by Crippen LogP contribution is -2.49. The molecular weight excluding hydrogens is 514 g/mol. The second kappa shape index (κ2) is 9.77. The van der Waals surface area contributed by atoms with Crippen molar-refractivity contribution in [1.82, 2.24) is 15.2 Å². The molecule has 2 amide bonds. The van der Waals surface area contributed by atoms with Crippen LogP contribution in [0.3, 0.4) is 0 Å². The van der Waals surface area contributed by atoms with Crippen molar-refractivity contribution in [2.75, 3.05) is 5.32 Å². The third kappa shape index (κ3) is 5.07. The van der Waals surface area contributed by atoms with Crippen LogP contribution in [-0.2, 0) is 11.3 Å². The monoisotopic (exact) mass is 543 g/mol. The molecule has 9 nitrogen and oxygen atoms in total. The Morgan fingerprint density at radius 3 is 2.54 bits per heavy atom. The third-order valence-corrected chi connectivity index (χ3v) is 7.50. The Kier molecular flexibility index (Phi) is 6.59. The zero-order valence-electron chi connectivity index (χ0n) is 22.4. The lowest BCUT2D eigenvalue weighted by atomic mass is 9.96. The number of nitro benzene ring substituents is 1. The van der Waals surface area contributed by atoms with Gasteiger partial charge in [-0.2, -0.15) is 0 Å². The van der Waals surface area contributed by atoms with E-state index in [1.807, 2.05) is 71.0 Å². The van der Waals surface area contributed by atoms with Crippen LogP contribution in [0, 0.1) is 24.0 Å². The normalized spacial score (nSPS) is 15.2. The number of thiophene rings is 1. The highest BCUT2D eigenvalue weighted by Crippen LogP contribution is 2.45. The number of amides is 2. The molecule has 0 fully saturated rings. The maximum Gasteiger partial charge on any atom is 0.269 e. The molecule has 200 valence electrons. The van der Waals surface area contributed by atoms with Crippen LogP contribution in [0.4, 0.5) is 16.4 Å². The number of aryl methyl sites for hydroxylation is 2. The molecule has 0 saturated heterocycles. The average Bonchev–Trinajstić information content (AvgIpc) is 3.20. The van der Waals surface area contributed by atoms with Crippen LogP contribution in [0.5, 0.6) is 0 Å². The second-order valence-electron chi connectivity index (χ2n) is 10.8. The molecular formula is C29H29N5O4S. The molecule has 1 aliphatic rings. The van der Waals surface area contributed by atoms with Gasteiger partial charge in [-0.3, -0.25) is 19.7 Å². The van der Waals surface area contributed by atoms with Crippen LogP contribution in [0.25, 0.3) is 10.2 Å². The first-order valence-electron chi connectivity index (χ1n) is 12.6. The lowest BCUT2D eigenvalue weighted by Gasteiger charge is -2.36. The summed E-state index contributed by atoms with van der Waals surface area (Å²) in [5.74, 6) is -0.781. The molecule has 5 rings (SSSR count). The minimum Gasteiger partial charge on any atom is -0.349 e. The summed E-state index contributed by atoms with van der Waals surface area (Å²) >= 11 is 1.35. The SMILES string of the molecule is Cc1cc(C)c2c3c(sc2n1)Nc1ccc([N+](=O)[O-])cc1C(C(=O)NC(C)(C)C)N(Cc1ccccc1)C3=O. The number of aromatic nitrogens is 1. The summed E-state index contributed by atoms with van der Waals surface area (Å²) in [7, 11) is 0. The number of nitrogens with zero attached hydrogens (tertiary/aromatic N) is 3. The molecule has 2 aromatic heterocycles. The van der Waals surface area contributed by atoms with Crippen molar-refractivity contribution >= 4 is 49.7 Å². The molecule has 1 unspecified atom stereocenters. The first-order chi connectivity index (χ1) is 18.4. The number of non-ortho nitro benzene ring substituents is 1. The molecule has 1 atom stereocenters. The van der Waals surface area contributed by atoms with Crippen LogP contribution in [0.1, 0.15) is 59.6 Å². The van der Waals surface area contributed by atoms with Gasteiger partial charge in [-0.25, -0.2) is 4.98 Å². The number of rotatable bonds is 4. The van der Waals surface area contributed by atoms with E-state index in [4.69, 9.17) is 0 Å². The maximum absolute atomic E-state index is 14.6. The first kappa shape index (κ1) is 26.3. The maximum atomic E-state index is 14.6. The highest BCUT2D eigenvalue weighted by Gasteiger charge is 2.40. The topological polar surface area (TPSA) is 117 Å². The Morgan fingerprint density at radius 1 is 1.15 bits per heavy atom. The summed E-state index contributed by atoms with van der Waals surface area (Å²) in [6, 6.07) is 14.6. The molecule has 0 saturated carbocycles. The van der Waals surface area contributed by atoms with Crippen molar-refractivity contribution < 1.29 is 14.5 Å². The van der Waals surface area contributed by atoms with E-state index in [-0.39, 0.29) is 18.1 Å². The van der Waals surface area contributed by atoms with Crippen molar-refractivity contribution in [3.8, 4) is 0 Å². The summed E-state index contributed by atoms with van der Waals surface area (Å²) in [5, 5.41) is 19.4. The number of fused-ring (bicyclic) bond motifs is 4. The summed E-state index contributed by atoms with van der Waals surface area (Å²) < 4.78 is 0. The molecule has 10 heteroatoms. The average molecular weight is 544 g/mol. The predicted molar refractivity (Wildman–Crippen MR) is 152 cm³/mol. The van der Waals surface area contributed by atoms with E-state index in [1.54, 1.807) is 6.07 Å². The van der Waals surface area contributed by atoms with Gasteiger partial charge in [0.25, 0.3) is 11.6 Å². The number of hydrogen-bond donors (Lipinski definition) is 2. The van der Waals surface area contributed by atoms with Crippen LogP contribution >= 0.6 is 11.3 Å². The van der Waals surface area contributed by atoms with Gasteiger partial charge in [0, 0.05) is 46.5 Å². The Labute approximate surface area is 230 Å². The Hall–Kier alpha value is -4.31. The van der Waals surface area contributed by atoms with E-state index in [0.717, 1.165) is 22.2 Å². The third-order valence-electron chi connectivity index (χ3n) is 6.50. The first-order valence-corrected chi connectivity index (χ1v) is 13.4. The quantitative estimate of drug-likeness (QED) is 0.235. The number of anilines is 2. The molecule has 2 aromatic carbocycles.